The molecule has 7 heteroatoms. The Morgan fingerprint density at radius 1 is 1.19 bits per heavy atom. The predicted octanol–water partition coefficient (Wildman–Crippen LogP) is 4.50. The largest absolute Gasteiger partial charge is 0.465 e. The summed E-state index contributed by atoms with van der Waals surface area (Å²) in [5, 5.41) is 8.17. The molecule has 2 N–H and O–H groups in total. The number of anilines is 1. The van der Waals surface area contributed by atoms with Crippen LogP contribution in [0.25, 0.3) is 0 Å². The van der Waals surface area contributed by atoms with Crippen molar-refractivity contribution in [1.29, 1.82) is 0 Å². The van der Waals surface area contributed by atoms with Crippen molar-refractivity contribution in [3.8, 4) is 0 Å². The second kappa shape index (κ2) is 9.24. The van der Waals surface area contributed by atoms with Crippen LogP contribution in [0, 0.1) is 0 Å². The van der Waals surface area contributed by atoms with Gasteiger partial charge in [0.15, 0.2) is 0 Å². The smallest absolute Gasteiger partial charge is 0.337 e. The van der Waals surface area contributed by atoms with Crippen molar-refractivity contribution in [2.24, 2.45) is 4.99 Å². The van der Waals surface area contributed by atoms with Crippen LogP contribution < -0.4 is 10.6 Å². The first-order valence-corrected chi connectivity index (χ1v) is 10.9. The minimum Gasteiger partial charge on any atom is -0.465 e. The standard InChI is InChI=1S/C24H23N3O3S/c1-3-25-14-15-6-9-17(10-7-15)26-22(20-5-4-12-31-20)21-18-11-8-16(24(29)30-2)13-19(18)27-23(21)28/h4-13,21,25H,3,14H2,1-2H3,(H,27,28). The first-order valence-electron chi connectivity index (χ1n) is 10.1. The van der Waals surface area contributed by atoms with Crippen LogP contribution in [-0.2, 0) is 16.1 Å². The van der Waals surface area contributed by atoms with E-state index in [1.807, 2.05) is 41.8 Å². The normalized spacial score (nSPS) is 15.5. The lowest BCUT2D eigenvalue weighted by Gasteiger charge is -2.12. The summed E-state index contributed by atoms with van der Waals surface area (Å²) >= 11 is 1.54. The number of ether oxygens (including phenoxy) is 1. The summed E-state index contributed by atoms with van der Waals surface area (Å²) in [4.78, 5) is 30.7. The lowest BCUT2D eigenvalue weighted by Crippen LogP contribution is -2.21. The lowest BCUT2D eigenvalue weighted by atomic mass is 9.93. The molecule has 3 aromatic rings. The Hall–Kier alpha value is -3.29. The third-order valence-electron chi connectivity index (χ3n) is 5.12. The summed E-state index contributed by atoms with van der Waals surface area (Å²) in [6.45, 7) is 3.79. The fourth-order valence-corrected chi connectivity index (χ4v) is 4.31. The summed E-state index contributed by atoms with van der Waals surface area (Å²) in [6, 6.07) is 17.1. The Labute approximate surface area is 185 Å². The van der Waals surface area contributed by atoms with Crippen LogP contribution in [0.5, 0.6) is 0 Å². The van der Waals surface area contributed by atoms with Crippen molar-refractivity contribution in [2.75, 3.05) is 19.0 Å². The Morgan fingerprint density at radius 2 is 2.00 bits per heavy atom. The molecule has 0 radical (unpaired) electrons. The molecule has 1 aliphatic rings. The van der Waals surface area contributed by atoms with Gasteiger partial charge in [-0.3, -0.25) is 9.79 Å². The maximum absolute atomic E-state index is 13.0. The molecule has 2 heterocycles. The van der Waals surface area contributed by atoms with E-state index in [0.717, 1.165) is 29.2 Å². The number of hydrogen-bond acceptors (Lipinski definition) is 6. The third-order valence-corrected chi connectivity index (χ3v) is 6.01. The average molecular weight is 434 g/mol. The van der Waals surface area contributed by atoms with Crippen molar-refractivity contribution in [3.05, 3.63) is 81.5 Å². The molecular weight excluding hydrogens is 410 g/mol. The zero-order valence-corrected chi connectivity index (χ0v) is 18.2. The van der Waals surface area contributed by atoms with Gasteiger partial charge in [0.1, 0.15) is 5.92 Å². The van der Waals surface area contributed by atoms with E-state index in [-0.39, 0.29) is 5.91 Å². The summed E-state index contributed by atoms with van der Waals surface area (Å²) in [6.07, 6.45) is 0. The summed E-state index contributed by atoms with van der Waals surface area (Å²) in [7, 11) is 1.34. The number of nitrogens with zero attached hydrogens (tertiary/aromatic N) is 1. The van der Waals surface area contributed by atoms with Crippen molar-refractivity contribution in [2.45, 2.75) is 19.4 Å². The monoisotopic (exact) mass is 433 g/mol. The molecule has 31 heavy (non-hydrogen) atoms. The molecule has 0 aliphatic carbocycles. The first-order chi connectivity index (χ1) is 15.1. The SMILES string of the molecule is CCNCc1ccc(N=C(c2cccs2)C2C(=O)Nc3cc(C(=O)OC)ccc32)cc1. The second-order valence-corrected chi connectivity index (χ2v) is 8.08. The maximum atomic E-state index is 13.0. The van der Waals surface area contributed by atoms with Crippen molar-refractivity contribution in [1.82, 2.24) is 5.32 Å². The molecule has 0 fully saturated rings. The number of carbonyl (C=O) groups is 2. The van der Waals surface area contributed by atoms with E-state index in [2.05, 4.69) is 17.6 Å². The van der Waals surface area contributed by atoms with Crippen molar-refractivity contribution in [3.63, 3.8) is 0 Å². The van der Waals surface area contributed by atoms with Crippen LogP contribution in [0.4, 0.5) is 11.4 Å². The van der Waals surface area contributed by atoms with Gasteiger partial charge in [-0.2, -0.15) is 0 Å². The van der Waals surface area contributed by atoms with E-state index in [9.17, 15) is 9.59 Å². The van der Waals surface area contributed by atoms with Gasteiger partial charge in [-0.05, 0) is 53.4 Å². The van der Waals surface area contributed by atoms with E-state index in [1.165, 1.54) is 12.7 Å². The van der Waals surface area contributed by atoms with Crippen molar-refractivity contribution >= 4 is 40.3 Å². The summed E-state index contributed by atoms with van der Waals surface area (Å²) in [5.74, 6) is -1.15. The van der Waals surface area contributed by atoms with Gasteiger partial charge in [-0.25, -0.2) is 4.79 Å². The number of rotatable bonds is 7. The highest BCUT2D eigenvalue weighted by molar-refractivity contribution is 7.12. The number of benzene rings is 2. The molecule has 4 rings (SSSR count). The Balaban J connectivity index is 1.72. The first kappa shape index (κ1) is 21.0. The quantitative estimate of drug-likeness (QED) is 0.425. The van der Waals surface area contributed by atoms with Gasteiger partial charge in [0.25, 0.3) is 0 Å². The molecule has 0 bridgehead atoms. The third kappa shape index (κ3) is 4.42. The minimum absolute atomic E-state index is 0.159. The number of esters is 1. The Morgan fingerprint density at radius 3 is 2.68 bits per heavy atom. The molecule has 1 amide bonds. The maximum Gasteiger partial charge on any atom is 0.337 e. The Bertz CT molecular complexity index is 1120. The summed E-state index contributed by atoms with van der Waals surface area (Å²) < 4.78 is 4.79. The second-order valence-electron chi connectivity index (χ2n) is 7.14. The number of aliphatic imine (C=N–C) groups is 1. The highest BCUT2D eigenvalue weighted by Crippen LogP contribution is 2.37. The van der Waals surface area contributed by atoms with E-state index in [1.54, 1.807) is 29.5 Å². The molecule has 1 aromatic heterocycles. The zero-order chi connectivity index (χ0) is 21.8. The topological polar surface area (TPSA) is 79.8 Å². The van der Waals surface area contributed by atoms with Crippen LogP contribution >= 0.6 is 11.3 Å². The fourth-order valence-electron chi connectivity index (χ4n) is 3.56. The molecule has 0 saturated carbocycles. The number of hydrogen-bond donors (Lipinski definition) is 2. The van der Waals surface area contributed by atoms with Crippen molar-refractivity contribution < 1.29 is 14.3 Å². The fraction of sp³-hybridized carbons (Fsp3) is 0.208. The van der Waals surface area contributed by atoms with Gasteiger partial charge in [-0.15, -0.1) is 11.3 Å². The minimum atomic E-state index is -0.554. The highest BCUT2D eigenvalue weighted by Gasteiger charge is 2.36. The lowest BCUT2D eigenvalue weighted by molar-refractivity contribution is -0.115. The Kier molecular flexibility index (Phi) is 6.25. The van der Waals surface area contributed by atoms with Gasteiger partial charge < -0.3 is 15.4 Å². The molecule has 6 nitrogen and oxygen atoms in total. The van der Waals surface area contributed by atoms with Gasteiger partial charge in [0, 0.05) is 17.1 Å². The van der Waals surface area contributed by atoms with E-state index < -0.39 is 11.9 Å². The molecule has 1 atom stereocenters. The van der Waals surface area contributed by atoms with Crippen LogP contribution in [0.15, 0.2) is 65.0 Å². The molecule has 158 valence electrons. The number of nitrogens with one attached hydrogen (secondary N) is 2. The average Bonchev–Trinajstić information content (AvgIpc) is 3.43. The number of carbonyl (C=O) groups excluding carboxylic acids is 2. The van der Waals surface area contributed by atoms with Gasteiger partial charge in [0.2, 0.25) is 5.91 Å². The van der Waals surface area contributed by atoms with Gasteiger partial charge >= 0.3 is 5.97 Å². The molecular formula is C24H23N3O3S. The van der Waals surface area contributed by atoms with Crippen LogP contribution in [0.1, 0.15) is 39.2 Å². The number of methoxy groups -OCH3 is 1. The molecule has 0 spiro atoms. The number of fused-ring (bicyclic) bond motifs is 1. The van der Waals surface area contributed by atoms with E-state index in [0.29, 0.717) is 17.0 Å². The van der Waals surface area contributed by atoms with Gasteiger partial charge in [-0.1, -0.05) is 31.2 Å². The van der Waals surface area contributed by atoms with Crippen LogP contribution in [0.3, 0.4) is 0 Å². The van der Waals surface area contributed by atoms with Crippen LogP contribution in [-0.4, -0.2) is 31.2 Å². The molecule has 0 saturated heterocycles. The highest BCUT2D eigenvalue weighted by atomic mass is 32.1. The number of thiophene rings is 1. The predicted molar refractivity (Wildman–Crippen MR) is 123 cm³/mol. The van der Waals surface area contributed by atoms with Gasteiger partial charge in [0.05, 0.1) is 24.1 Å². The number of amides is 1. The molecule has 1 aliphatic heterocycles. The summed E-state index contributed by atoms with van der Waals surface area (Å²) in [5.41, 5.74) is 4.47. The van der Waals surface area contributed by atoms with Crippen LogP contribution in [0.2, 0.25) is 0 Å². The van der Waals surface area contributed by atoms with E-state index >= 15 is 0 Å². The van der Waals surface area contributed by atoms with E-state index in [4.69, 9.17) is 9.73 Å². The molecule has 2 aromatic carbocycles. The molecule has 1 unspecified atom stereocenters. The zero-order valence-electron chi connectivity index (χ0n) is 17.3.